The predicted molar refractivity (Wildman–Crippen MR) is 51.3 cm³/mol. The number of esters is 1. The summed E-state index contributed by atoms with van der Waals surface area (Å²) in [7, 11) is 0. The minimum atomic E-state index is -3.78. The fraction of sp³-hybridized carbons (Fsp3) is 0.857. The summed E-state index contributed by atoms with van der Waals surface area (Å²) in [4.78, 5) is 9.23. The molecule has 0 aliphatic heterocycles. The van der Waals surface area contributed by atoms with Crippen molar-refractivity contribution in [2.45, 2.75) is 23.3 Å². The first-order valence-electron chi connectivity index (χ1n) is 3.80. The molecule has 0 saturated heterocycles. The van der Waals surface area contributed by atoms with E-state index >= 15 is 0 Å². The SMILES string of the molecule is CC(COC(=O)C(Cl)Cl)C(F)(F)C(F)Cl. The normalized spacial score (nSPS) is 16.3. The molecule has 0 spiro atoms. The number of halogens is 6. The lowest BCUT2D eigenvalue weighted by molar-refractivity contribution is -0.150. The molecule has 0 aromatic carbocycles. The monoisotopic (exact) mass is 286 g/mol. The molecule has 0 aromatic rings. The van der Waals surface area contributed by atoms with Crippen LogP contribution in [0, 0.1) is 5.92 Å². The second-order valence-corrected chi connectivity index (χ2v) is 4.29. The van der Waals surface area contributed by atoms with Gasteiger partial charge in [-0.05, 0) is 0 Å². The number of carbonyl (C=O) groups is 1. The van der Waals surface area contributed by atoms with Crippen LogP contribution in [0.5, 0.6) is 0 Å². The van der Waals surface area contributed by atoms with Crippen molar-refractivity contribution in [2.24, 2.45) is 5.92 Å². The van der Waals surface area contributed by atoms with E-state index in [2.05, 4.69) is 16.3 Å². The van der Waals surface area contributed by atoms with Crippen LogP contribution in [0.3, 0.4) is 0 Å². The van der Waals surface area contributed by atoms with Crippen molar-refractivity contribution in [3.63, 3.8) is 0 Å². The Kier molecular flexibility index (Phi) is 6.06. The molecule has 0 amide bonds. The molecule has 0 bridgehead atoms. The third kappa shape index (κ3) is 4.66. The van der Waals surface area contributed by atoms with E-state index in [0.717, 1.165) is 6.92 Å². The minimum absolute atomic E-state index is 0.713. The molecule has 2 atom stereocenters. The third-order valence-electron chi connectivity index (χ3n) is 1.60. The summed E-state index contributed by atoms with van der Waals surface area (Å²) in [5.41, 5.74) is -2.84. The first-order valence-corrected chi connectivity index (χ1v) is 5.11. The Morgan fingerprint density at radius 2 is 1.87 bits per heavy atom. The van der Waals surface area contributed by atoms with Crippen molar-refractivity contribution >= 4 is 40.8 Å². The molecule has 0 aliphatic carbocycles. The first-order chi connectivity index (χ1) is 6.69. The maximum absolute atomic E-state index is 12.8. The molecule has 0 rings (SSSR count). The molecule has 0 heterocycles. The van der Waals surface area contributed by atoms with Crippen LogP contribution in [-0.2, 0) is 9.53 Å². The van der Waals surface area contributed by atoms with Gasteiger partial charge >= 0.3 is 5.97 Å². The summed E-state index contributed by atoms with van der Waals surface area (Å²) in [6.07, 6.45) is 0. The summed E-state index contributed by atoms with van der Waals surface area (Å²) in [6.45, 7) is 0.272. The Labute approximate surface area is 99.6 Å². The van der Waals surface area contributed by atoms with Gasteiger partial charge < -0.3 is 4.74 Å². The van der Waals surface area contributed by atoms with E-state index < -0.39 is 34.9 Å². The number of hydrogen-bond acceptors (Lipinski definition) is 2. The maximum atomic E-state index is 12.8. The molecule has 90 valence electrons. The Balaban J connectivity index is 4.15. The zero-order chi connectivity index (χ0) is 12.2. The minimum Gasteiger partial charge on any atom is -0.463 e. The highest BCUT2D eigenvalue weighted by Crippen LogP contribution is 2.32. The van der Waals surface area contributed by atoms with Gasteiger partial charge in [0.25, 0.3) is 5.92 Å². The van der Waals surface area contributed by atoms with Gasteiger partial charge in [0.1, 0.15) is 0 Å². The van der Waals surface area contributed by atoms with E-state index in [1.54, 1.807) is 0 Å². The highest BCUT2D eigenvalue weighted by atomic mass is 35.5. The number of ether oxygens (including phenoxy) is 1. The van der Waals surface area contributed by atoms with Gasteiger partial charge in [-0.2, -0.15) is 0 Å². The van der Waals surface area contributed by atoms with Crippen LogP contribution >= 0.6 is 34.8 Å². The van der Waals surface area contributed by atoms with E-state index in [9.17, 15) is 18.0 Å². The highest BCUT2D eigenvalue weighted by molar-refractivity contribution is 6.52. The highest BCUT2D eigenvalue weighted by Gasteiger charge is 2.45. The van der Waals surface area contributed by atoms with Gasteiger partial charge in [0.2, 0.25) is 10.5 Å². The largest absolute Gasteiger partial charge is 0.463 e. The lowest BCUT2D eigenvalue weighted by Gasteiger charge is -2.23. The van der Waals surface area contributed by atoms with Crippen molar-refractivity contribution in [3.05, 3.63) is 0 Å². The van der Waals surface area contributed by atoms with Gasteiger partial charge in [0.05, 0.1) is 12.5 Å². The van der Waals surface area contributed by atoms with Crippen LogP contribution in [0.15, 0.2) is 0 Å². The summed E-state index contributed by atoms with van der Waals surface area (Å²) in [5, 5.41) is 0. The Morgan fingerprint density at radius 3 is 2.20 bits per heavy atom. The van der Waals surface area contributed by atoms with E-state index in [-0.39, 0.29) is 0 Å². The quantitative estimate of drug-likeness (QED) is 0.573. The zero-order valence-corrected chi connectivity index (χ0v) is 9.79. The molecule has 0 aromatic heterocycles. The molecule has 0 N–H and O–H groups in total. The second kappa shape index (κ2) is 6.01. The number of alkyl halides is 6. The van der Waals surface area contributed by atoms with Gasteiger partial charge in [0, 0.05) is 0 Å². The van der Waals surface area contributed by atoms with Crippen molar-refractivity contribution in [1.82, 2.24) is 0 Å². The van der Waals surface area contributed by atoms with Crippen molar-refractivity contribution < 1.29 is 22.7 Å². The molecule has 15 heavy (non-hydrogen) atoms. The molecule has 0 radical (unpaired) electrons. The molecule has 8 heteroatoms. The van der Waals surface area contributed by atoms with Crippen LogP contribution in [0.2, 0.25) is 0 Å². The summed E-state index contributed by atoms with van der Waals surface area (Å²) in [5.74, 6) is -6.41. The van der Waals surface area contributed by atoms with Gasteiger partial charge in [-0.1, -0.05) is 41.7 Å². The molecular formula is C7H8Cl3F3O2. The smallest absolute Gasteiger partial charge is 0.339 e. The lowest BCUT2D eigenvalue weighted by Crippen LogP contribution is -2.37. The number of rotatable bonds is 5. The third-order valence-corrected chi connectivity index (χ3v) is 2.25. The molecular weight excluding hydrogens is 279 g/mol. The van der Waals surface area contributed by atoms with Crippen LogP contribution < -0.4 is 0 Å². The average Bonchev–Trinajstić information content (AvgIpc) is 2.12. The Bertz CT molecular complexity index is 224. The average molecular weight is 287 g/mol. The van der Waals surface area contributed by atoms with Crippen LogP contribution in [0.1, 0.15) is 6.92 Å². The van der Waals surface area contributed by atoms with Gasteiger partial charge in [-0.3, -0.25) is 0 Å². The second-order valence-electron chi connectivity index (χ2n) is 2.81. The van der Waals surface area contributed by atoms with Crippen LogP contribution in [0.25, 0.3) is 0 Å². The zero-order valence-electron chi connectivity index (χ0n) is 7.52. The van der Waals surface area contributed by atoms with Crippen LogP contribution in [-0.4, -0.2) is 29.0 Å². The van der Waals surface area contributed by atoms with Crippen molar-refractivity contribution in [3.8, 4) is 0 Å². The van der Waals surface area contributed by atoms with Crippen LogP contribution in [0.4, 0.5) is 13.2 Å². The fourth-order valence-corrected chi connectivity index (χ4v) is 0.937. The summed E-state index contributed by atoms with van der Waals surface area (Å²) >= 11 is 14.8. The van der Waals surface area contributed by atoms with E-state index in [1.165, 1.54) is 0 Å². The molecule has 0 aliphatic rings. The topological polar surface area (TPSA) is 26.3 Å². The molecule has 2 unspecified atom stereocenters. The number of hydrogen-bond donors (Lipinski definition) is 0. The fourth-order valence-electron chi connectivity index (χ4n) is 0.596. The number of carbonyl (C=O) groups excluding carboxylic acids is 1. The van der Waals surface area contributed by atoms with E-state index in [0.29, 0.717) is 0 Å². The Morgan fingerprint density at radius 1 is 1.40 bits per heavy atom. The lowest BCUT2D eigenvalue weighted by atomic mass is 10.1. The van der Waals surface area contributed by atoms with Crippen molar-refractivity contribution in [2.75, 3.05) is 6.61 Å². The first kappa shape index (κ1) is 15.1. The van der Waals surface area contributed by atoms with Gasteiger partial charge in [-0.25, -0.2) is 18.0 Å². The maximum Gasteiger partial charge on any atom is 0.339 e. The van der Waals surface area contributed by atoms with E-state index in [4.69, 9.17) is 23.2 Å². The van der Waals surface area contributed by atoms with Crippen molar-refractivity contribution in [1.29, 1.82) is 0 Å². The summed E-state index contributed by atoms with van der Waals surface area (Å²) < 4.78 is 42.2. The molecule has 0 fully saturated rings. The molecule has 0 saturated carbocycles. The Hall–Kier alpha value is 0.130. The molecule has 2 nitrogen and oxygen atoms in total. The predicted octanol–water partition coefficient (Wildman–Crippen LogP) is 3.14. The summed E-state index contributed by atoms with van der Waals surface area (Å²) in [6, 6.07) is 0. The van der Waals surface area contributed by atoms with E-state index in [1.807, 2.05) is 0 Å². The standard InChI is InChI=1S/C7H8Cl3F3O2/c1-3(7(12,13)6(10)11)2-15-5(14)4(8)9/h3-4,6H,2H2,1H3. The van der Waals surface area contributed by atoms with Gasteiger partial charge in [-0.15, -0.1) is 0 Å². The van der Waals surface area contributed by atoms with Gasteiger partial charge in [0.15, 0.2) is 0 Å².